The second-order valence-electron chi connectivity index (χ2n) is 6.25. The van der Waals surface area contributed by atoms with Crippen molar-refractivity contribution >= 4 is 6.09 Å². The highest BCUT2D eigenvalue weighted by Crippen LogP contribution is 2.25. The fraction of sp³-hybridized carbons (Fsp3) is 0.929. The zero-order valence-electron chi connectivity index (χ0n) is 12.6. The van der Waals surface area contributed by atoms with Crippen molar-refractivity contribution in [3.63, 3.8) is 0 Å². The van der Waals surface area contributed by atoms with Crippen LogP contribution < -0.4 is 5.11 Å². The van der Waals surface area contributed by atoms with Gasteiger partial charge in [0.25, 0.3) is 0 Å². The maximum Gasteiger partial charge on any atom is 0.137 e. The van der Waals surface area contributed by atoms with Gasteiger partial charge in [-0.2, -0.15) is 0 Å². The van der Waals surface area contributed by atoms with Gasteiger partial charge in [0.1, 0.15) is 6.09 Å². The lowest BCUT2D eigenvalue weighted by Gasteiger charge is -2.47. The Kier molecular flexibility index (Phi) is 6.68. The molecule has 1 N–H and O–H groups in total. The third kappa shape index (κ3) is 4.84. The second kappa shape index (κ2) is 6.98. The molecule has 0 saturated carbocycles. The van der Waals surface area contributed by atoms with E-state index in [9.17, 15) is 15.0 Å². The van der Waals surface area contributed by atoms with Crippen molar-refractivity contribution in [3.8, 4) is 0 Å². The van der Waals surface area contributed by atoms with Crippen LogP contribution in [0.3, 0.4) is 0 Å². The maximum absolute atomic E-state index is 11.4. The van der Waals surface area contributed by atoms with Crippen LogP contribution in [0.25, 0.3) is 0 Å². The standard InChI is InChI=1S/C14H29NO3/c1-7-8-9-11(16)12(10(2)3)15(13(17)18)14(4,5)6/h10-12,16H,7-9H2,1-6H3,(H,17,18)/p-1. The minimum atomic E-state index is -1.21. The van der Waals surface area contributed by atoms with Crippen LogP contribution in [0.2, 0.25) is 0 Å². The number of aliphatic hydroxyl groups excluding tert-OH is 1. The van der Waals surface area contributed by atoms with E-state index in [1.807, 2.05) is 34.6 Å². The molecular formula is C14H28NO3-. The molecule has 0 radical (unpaired) electrons. The Morgan fingerprint density at radius 3 is 2.11 bits per heavy atom. The van der Waals surface area contributed by atoms with Crippen molar-refractivity contribution in [2.24, 2.45) is 5.92 Å². The average Bonchev–Trinajstić information content (AvgIpc) is 2.19. The lowest BCUT2D eigenvalue weighted by atomic mass is 9.90. The molecule has 2 atom stereocenters. The summed E-state index contributed by atoms with van der Waals surface area (Å²) in [7, 11) is 0. The Balaban J connectivity index is 5.11. The number of carboxylic acid groups (broad SMARTS) is 1. The molecule has 1 amide bonds. The van der Waals surface area contributed by atoms with Crippen molar-refractivity contribution in [1.82, 2.24) is 4.90 Å². The fourth-order valence-electron chi connectivity index (χ4n) is 2.34. The van der Waals surface area contributed by atoms with Crippen molar-refractivity contribution in [1.29, 1.82) is 0 Å². The Bertz CT molecular complexity index is 258. The first-order valence-corrected chi connectivity index (χ1v) is 6.81. The van der Waals surface area contributed by atoms with Gasteiger partial charge in [0, 0.05) is 5.54 Å². The summed E-state index contributed by atoms with van der Waals surface area (Å²) in [4.78, 5) is 12.7. The molecule has 108 valence electrons. The SMILES string of the molecule is CCCCC(O)C(C(C)C)N(C(=O)[O-])C(C)(C)C. The predicted molar refractivity (Wildman–Crippen MR) is 71.1 cm³/mol. The van der Waals surface area contributed by atoms with Gasteiger partial charge in [0.05, 0.1) is 12.1 Å². The Morgan fingerprint density at radius 1 is 1.33 bits per heavy atom. The summed E-state index contributed by atoms with van der Waals surface area (Å²) in [5, 5.41) is 21.6. The molecule has 0 heterocycles. The average molecular weight is 258 g/mol. The molecule has 0 aromatic heterocycles. The number of unbranched alkanes of at least 4 members (excludes halogenated alkanes) is 1. The van der Waals surface area contributed by atoms with E-state index in [4.69, 9.17) is 0 Å². The number of hydrogen-bond donors (Lipinski definition) is 1. The molecule has 18 heavy (non-hydrogen) atoms. The summed E-state index contributed by atoms with van der Waals surface area (Å²) in [6.07, 6.45) is 0.663. The Morgan fingerprint density at radius 2 is 1.83 bits per heavy atom. The molecule has 0 fully saturated rings. The molecule has 0 bridgehead atoms. The van der Waals surface area contributed by atoms with E-state index in [-0.39, 0.29) is 5.92 Å². The fourth-order valence-corrected chi connectivity index (χ4v) is 2.34. The molecular weight excluding hydrogens is 230 g/mol. The van der Waals surface area contributed by atoms with Crippen LogP contribution in [-0.2, 0) is 0 Å². The Hall–Kier alpha value is -0.770. The molecule has 0 saturated heterocycles. The van der Waals surface area contributed by atoms with E-state index in [2.05, 4.69) is 6.92 Å². The van der Waals surface area contributed by atoms with Gasteiger partial charge >= 0.3 is 0 Å². The maximum atomic E-state index is 11.4. The zero-order valence-corrected chi connectivity index (χ0v) is 12.6. The van der Waals surface area contributed by atoms with Crippen molar-refractivity contribution < 1.29 is 15.0 Å². The van der Waals surface area contributed by atoms with Gasteiger partial charge in [-0.25, -0.2) is 0 Å². The number of rotatable bonds is 6. The van der Waals surface area contributed by atoms with Crippen LogP contribution in [0, 0.1) is 5.92 Å². The molecule has 0 aliphatic heterocycles. The molecule has 4 heteroatoms. The summed E-state index contributed by atoms with van der Waals surface area (Å²) in [6.45, 7) is 11.4. The smallest absolute Gasteiger partial charge is 0.137 e. The van der Waals surface area contributed by atoms with Crippen LogP contribution in [-0.4, -0.2) is 33.8 Å². The van der Waals surface area contributed by atoms with Gasteiger partial charge in [-0.05, 0) is 33.1 Å². The van der Waals surface area contributed by atoms with E-state index in [1.54, 1.807) is 0 Å². The molecule has 4 nitrogen and oxygen atoms in total. The number of hydrogen-bond acceptors (Lipinski definition) is 3. The Labute approximate surface area is 111 Å². The molecule has 0 aliphatic rings. The number of carbonyl (C=O) groups is 1. The first-order valence-electron chi connectivity index (χ1n) is 6.81. The monoisotopic (exact) mass is 258 g/mol. The molecule has 0 rings (SSSR count). The van der Waals surface area contributed by atoms with Crippen LogP contribution in [0.1, 0.15) is 60.8 Å². The highest BCUT2D eigenvalue weighted by molar-refractivity contribution is 5.64. The number of carbonyl (C=O) groups excluding carboxylic acids is 1. The summed E-state index contributed by atoms with van der Waals surface area (Å²) < 4.78 is 0. The van der Waals surface area contributed by atoms with Gasteiger partial charge in [-0.1, -0.05) is 33.6 Å². The van der Waals surface area contributed by atoms with E-state index in [0.29, 0.717) is 6.42 Å². The minimum absolute atomic E-state index is 0.0500. The van der Waals surface area contributed by atoms with Crippen molar-refractivity contribution in [2.45, 2.75) is 78.5 Å². The van der Waals surface area contributed by atoms with E-state index in [1.165, 1.54) is 4.90 Å². The van der Waals surface area contributed by atoms with Crippen LogP contribution in [0.15, 0.2) is 0 Å². The van der Waals surface area contributed by atoms with Gasteiger partial charge in [0.15, 0.2) is 0 Å². The highest BCUT2D eigenvalue weighted by atomic mass is 16.4. The van der Waals surface area contributed by atoms with Gasteiger partial charge in [0.2, 0.25) is 0 Å². The van der Waals surface area contributed by atoms with Crippen LogP contribution in [0.4, 0.5) is 4.79 Å². The number of aliphatic hydroxyl groups is 1. The van der Waals surface area contributed by atoms with Gasteiger partial charge in [-0.3, -0.25) is 0 Å². The van der Waals surface area contributed by atoms with Crippen molar-refractivity contribution in [2.75, 3.05) is 0 Å². The molecule has 2 unspecified atom stereocenters. The third-order valence-electron chi connectivity index (χ3n) is 3.15. The molecule has 0 aromatic carbocycles. The summed E-state index contributed by atoms with van der Waals surface area (Å²) in [6, 6.07) is -0.415. The summed E-state index contributed by atoms with van der Waals surface area (Å²) >= 11 is 0. The lowest BCUT2D eigenvalue weighted by molar-refractivity contribution is -0.277. The predicted octanol–water partition coefficient (Wildman–Crippen LogP) is 2.01. The number of nitrogens with zero attached hydrogens (tertiary/aromatic N) is 1. The molecule has 0 aliphatic carbocycles. The summed E-state index contributed by atoms with van der Waals surface area (Å²) in [5.41, 5.74) is -0.568. The van der Waals surface area contributed by atoms with E-state index >= 15 is 0 Å². The van der Waals surface area contributed by atoms with Crippen LogP contribution in [0.5, 0.6) is 0 Å². The third-order valence-corrected chi connectivity index (χ3v) is 3.15. The van der Waals surface area contributed by atoms with Crippen molar-refractivity contribution in [3.05, 3.63) is 0 Å². The normalized spacial score (nSPS) is 15.6. The quantitative estimate of drug-likeness (QED) is 0.792. The largest absolute Gasteiger partial charge is 0.530 e. The first-order chi connectivity index (χ1) is 8.12. The topological polar surface area (TPSA) is 63.6 Å². The van der Waals surface area contributed by atoms with E-state index < -0.39 is 23.8 Å². The minimum Gasteiger partial charge on any atom is -0.530 e. The second-order valence-corrected chi connectivity index (χ2v) is 6.25. The van der Waals surface area contributed by atoms with E-state index in [0.717, 1.165) is 12.8 Å². The number of amides is 1. The lowest BCUT2D eigenvalue weighted by Crippen LogP contribution is -2.61. The molecule has 0 spiro atoms. The van der Waals surface area contributed by atoms with Crippen LogP contribution >= 0.6 is 0 Å². The summed E-state index contributed by atoms with van der Waals surface area (Å²) in [5.74, 6) is 0.0500. The highest BCUT2D eigenvalue weighted by Gasteiger charge is 2.35. The van der Waals surface area contributed by atoms with Gasteiger partial charge < -0.3 is 19.9 Å². The first kappa shape index (κ1) is 17.2. The molecule has 0 aromatic rings. The van der Waals surface area contributed by atoms with Gasteiger partial charge in [-0.15, -0.1) is 0 Å². The zero-order chi connectivity index (χ0) is 14.5.